The minimum absolute atomic E-state index is 0.133. The Kier molecular flexibility index (Phi) is 5.02. The van der Waals surface area contributed by atoms with E-state index in [1.165, 1.54) is 0 Å². The summed E-state index contributed by atoms with van der Waals surface area (Å²) < 4.78 is 0. The molecule has 1 amide bonds. The minimum atomic E-state index is -0.133. The van der Waals surface area contributed by atoms with E-state index in [2.05, 4.69) is 27.4 Å². The van der Waals surface area contributed by atoms with Gasteiger partial charge in [0.15, 0.2) is 0 Å². The Balaban J connectivity index is 1.39. The molecule has 0 unspecified atom stereocenters. The van der Waals surface area contributed by atoms with Gasteiger partial charge >= 0.3 is 0 Å². The van der Waals surface area contributed by atoms with Crippen LogP contribution in [0.25, 0.3) is 32.0 Å². The van der Waals surface area contributed by atoms with Crippen molar-refractivity contribution in [3.05, 3.63) is 102 Å². The Labute approximate surface area is 184 Å². The van der Waals surface area contributed by atoms with E-state index in [1.54, 1.807) is 17.5 Å². The number of benzene rings is 3. The van der Waals surface area contributed by atoms with Gasteiger partial charge < -0.3 is 5.32 Å². The number of amides is 1. The Morgan fingerprint density at radius 2 is 1.58 bits per heavy atom. The molecule has 0 atom stereocenters. The number of nitrogens with zero attached hydrogens (tertiary/aromatic N) is 2. The van der Waals surface area contributed by atoms with Gasteiger partial charge in [-0.1, -0.05) is 65.9 Å². The zero-order chi connectivity index (χ0) is 21.2. The van der Waals surface area contributed by atoms with Crippen LogP contribution in [0.5, 0.6) is 0 Å². The average Bonchev–Trinajstić information content (AvgIpc) is 3.25. The first-order valence-electron chi connectivity index (χ1n) is 9.97. The van der Waals surface area contributed by atoms with Gasteiger partial charge in [-0.2, -0.15) is 0 Å². The van der Waals surface area contributed by atoms with Crippen LogP contribution in [0.2, 0.25) is 0 Å². The lowest BCUT2D eigenvalue weighted by molar-refractivity contribution is 0.102. The van der Waals surface area contributed by atoms with Crippen LogP contribution in [0.3, 0.4) is 0 Å². The van der Waals surface area contributed by atoms with Crippen LogP contribution in [0.15, 0.2) is 91.1 Å². The monoisotopic (exact) mass is 421 g/mol. The zero-order valence-electron chi connectivity index (χ0n) is 16.9. The first-order chi connectivity index (χ1) is 15.2. The van der Waals surface area contributed by atoms with E-state index in [0.29, 0.717) is 5.56 Å². The van der Waals surface area contributed by atoms with Crippen LogP contribution in [0.1, 0.15) is 15.9 Å². The van der Waals surface area contributed by atoms with E-state index in [4.69, 9.17) is 0 Å². The van der Waals surface area contributed by atoms with Crippen molar-refractivity contribution in [3.63, 3.8) is 0 Å². The van der Waals surface area contributed by atoms with Crippen molar-refractivity contribution < 1.29 is 4.79 Å². The van der Waals surface area contributed by atoms with Crippen molar-refractivity contribution in [2.75, 3.05) is 5.32 Å². The number of thiazole rings is 1. The van der Waals surface area contributed by atoms with Crippen molar-refractivity contribution in [1.82, 2.24) is 9.97 Å². The SMILES string of the molecule is Cc1ccc(-c2nc3cccnc3s2)cc1NC(=O)c1ccc(-c2ccccc2)cc1. The number of aromatic nitrogens is 2. The molecule has 0 saturated heterocycles. The van der Waals surface area contributed by atoms with Gasteiger partial charge in [0.25, 0.3) is 5.91 Å². The number of hydrogen-bond acceptors (Lipinski definition) is 4. The molecular formula is C26H19N3OS. The molecule has 150 valence electrons. The molecule has 0 aliphatic carbocycles. The summed E-state index contributed by atoms with van der Waals surface area (Å²) in [6, 6.07) is 27.6. The lowest BCUT2D eigenvalue weighted by Crippen LogP contribution is -2.12. The number of hydrogen-bond donors (Lipinski definition) is 1. The maximum atomic E-state index is 12.9. The normalized spacial score (nSPS) is 10.9. The molecule has 5 heteroatoms. The molecule has 1 N–H and O–H groups in total. The molecule has 0 bridgehead atoms. The topological polar surface area (TPSA) is 54.9 Å². The zero-order valence-corrected chi connectivity index (χ0v) is 17.7. The number of pyridine rings is 1. The third-order valence-corrected chi connectivity index (χ3v) is 6.18. The molecule has 2 aromatic heterocycles. The lowest BCUT2D eigenvalue weighted by Gasteiger charge is -2.10. The molecule has 5 aromatic rings. The highest BCUT2D eigenvalue weighted by molar-refractivity contribution is 7.21. The van der Waals surface area contributed by atoms with E-state index in [0.717, 1.165) is 43.3 Å². The fraction of sp³-hybridized carbons (Fsp3) is 0.0385. The van der Waals surface area contributed by atoms with E-state index in [-0.39, 0.29) is 5.91 Å². The van der Waals surface area contributed by atoms with Gasteiger partial charge in [-0.15, -0.1) is 0 Å². The number of nitrogens with one attached hydrogen (secondary N) is 1. The Hall–Kier alpha value is -3.83. The molecular weight excluding hydrogens is 402 g/mol. The quantitative estimate of drug-likeness (QED) is 0.356. The number of anilines is 1. The largest absolute Gasteiger partial charge is 0.322 e. The summed E-state index contributed by atoms with van der Waals surface area (Å²) in [5.74, 6) is -0.133. The van der Waals surface area contributed by atoms with Crippen molar-refractivity contribution in [2.24, 2.45) is 0 Å². The molecule has 31 heavy (non-hydrogen) atoms. The van der Waals surface area contributed by atoms with E-state index >= 15 is 0 Å². The van der Waals surface area contributed by atoms with E-state index in [9.17, 15) is 4.79 Å². The second kappa shape index (κ2) is 8.13. The Bertz CT molecular complexity index is 1340. The maximum absolute atomic E-state index is 12.9. The van der Waals surface area contributed by atoms with Crippen molar-refractivity contribution in [2.45, 2.75) is 6.92 Å². The first kappa shape index (κ1) is 19.2. The predicted molar refractivity (Wildman–Crippen MR) is 127 cm³/mol. The van der Waals surface area contributed by atoms with Gasteiger partial charge in [0.2, 0.25) is 0 Å². The van der Waals surface area contributed by atoms with Crippen LogP contribution in [-0.4, -0.2) is 15.9 Å². The first-order valence-corrected chi connectivity index (χ1v) is 10.8. The smallest absolute Gasteiger partial charge is 0.255 e. The molecule has 0 aliphatic rings. The van der Waals surface area contributed by atoms with Gasteiger partial charge in [-0.05, 0) is 53.9 Å². The fourth-order valence-electron chi connectivity index (χ4n) is 3.42. The van der Waals surface area contributed by atoms with Crippen molar-refractivity contribution in [1.29, 1.82) is 0 Å². The molecule has 0 spiro atoms. The number of aryl methyl sites for hydroxylation is 1. The second-order valence-corrected chi connectivity index (χ2v) is 8.25. The summed E-state index contributed by atoms with van der Waals surface area (Å²) in [6.07, 6.45) is 1.77. The number of carbonyl (C=O) groups excluding carboxylic acids is 1. The van der Waals surface area contributed by atoms with Gasteiger partial charge in [0.1, 0.15) is 15.4 Å². The highest BCUT2D eigenvalue weighted by Gasteiger charge is 2.12. The molecule has 0 saturated carbocycles. The minimum Gasteiger partial charge on any atom is -0.322 e. The summed E-state index contributed by atoms with van der Waals surface area (Å²) in [6.45, 7) is 1.98. The highest BCUT2D eigenvalue weighted by Crippen LogP contribution is 2.31. The summed E-state index contributed by atoms with van der Waals surface area (Å²) in [5.41, 5.74) is 6.45. The lowest BCUT2D eigenvalue weighted by atomic mass is 10.0. The molecule has 4 nitrogen and oxygen atoms in total. The van der Waals surface area contributed by atoms with Crippen LogP contribution in [0, 0.1) is 6.92 Å². The van der Waals surface area contributed by atoms with E-state index < -0.39 is 0 Å². The van der Waals surface area contributed by atoms with Gasteiger partial charge in [0, 0.05) is 23.0 Å². The Morgan fingerprint density at radius 1 is 0.839 bits per heavy atom. The third kappa shape index (κ3) is 3.96. The summed E-state index contributed by atoms with van der Waals surface area (Å²) >= 11 is 1.54. The summed E-state index contributed by atoms with van der Waals surface area (Å²) in [5, 5.41) is 3.94. The second-order valence-electron chi connectivity index (χ2n) is 7.27. The molecule has 2 heterocycles. The maximum Gasteiger partial charge on any atom is 0.255 e. The molecule has 5 rings (SSSR count). The van der Waals surface area contributed by atoms with Gasteiger partial charge in [0.05, 0.1) is 0 Å². The Morgan fingerprint density at radius 3 is 2.35 bits per heavy atom. The fourth-order valence-corrected chi connectivity index (χ4v) is 4.33. The standard InChI is InChI=1S/C26H19N3OS/c1-17-9-10-21(25-29-22-8-5-15-27-26(22)31-25)16-23(17)28-24(30)20-13-11-19(12-14-20)18-6-3-2-4-7-18/h2-16H,1H3,(H,28,30). The summed E-state index contributed by atoms with van der Waals surface area (Å²) in [4.78, 5) is 22.8. The number of fused-ring (bicyclic) bond motifs is 1. The summed E-state index contributed by atoms with van der Waals surface area (Å²) in [7, 11) is 0. The molecule has 3 aromatic carbocycles. The molecule has 0 radical (unpaired) electrons. The average molecular weight is 422 g/mol. The molecule has 0 aliphatic heterocycles. The van der Waals surface area contributed by atoms with Crippen LogP contribution in [-0.2, 0) is 0 Å². The predicted octanol–water partition coefficient (Wildman–Crippen LogP) is 6.59. The van der Waals surface area contributed by atoms with Crippen LogP contribution >= 0.6 is 11.3 Å². The number of rotatable bonds is 4. The van der Waals surface area contributed by atoms with Crippen molar-refractivity contribution in [3.8, 4) is 21.7 Å². The van der Waals surface area contributed by atoms with Crippen LogP contribution < -0.4 is 5.32 Å². The van der Waals surface area contributed by atoms with Gasteiger partial charge in [-0.25, -0.2) is 9.97 Å². The van der Waals surface area contributed by atoms with E-state index in [1.807, 2.05) is 79.7 Å². The molecule has 0 fully saturated rings. The third-order valence-electron chi connectivity index (χ3n) is 5.15. The van der Waals surface area contributed by atoms with Crippen molar-refractivity contribution >= 4 is 33.3 Å². The van der Waals surface area contributed by atoms with Gasteiger partial charge in [-0.3, -0.25) is 4.79 Å². The van der Waals surface area contributed by atoms with Crippen LogP contribution in [0.4, 0.5) is 5.69 Å². The number of carbonyl (C=O) groups is 1. The highest BCUT2D eigenvalue weighted by atomic mass is 32.1.